The maximum absolute atomic E-state index is 13.0. The quantitative estimate of drug-likeness (QED) is 0.637. The standard InChI is InChI=1S/C24H27N3O3/c1-16-5-4-7-19(25-16)15-29-10-9-18-14-30-23-13-27(12-20(18)23)24(28)22-11-17-6-2-3-8-21(17)26-22/h2-8,11,18,20,23,26H,9-10,12-15H2,1H3/t18-,20-,23-/m0/s1. The molecule has 0 bridgehead atoms. The van der Waals surface area contributed by atoms with Crippen LogP contribution in [0.2, 0.25) is 0 Å². The van der Waals surface area contributed by atoms with Gasteiger partial charge >= 0.3 is 0 Å². The van der Waals surface area contributed by atoms with Crippen LogP contribution in [0.4, 0.5) is 0 Å². The molecular formula is C24H27N3O3. The number of aryl methyl sites for hydroxylation is 1. The summed E-state index contributed by atoms with van der Waals surface area (Å²) in [5.74, 6) is 0.879. The smallest absolute Gasteiger partial charge is 0.270 e. The third kappa shape index (κ3) is 3.85. The zero-order valence-corrected chi connectivity index (χ0v) is 17.2. The van der Waals surface area contributed by atoms with Crippen molar-refractivity contribution in [2.75, 3.05) is 26.3 Å². The normalized spacial score (nSPS) is 23.2. The van der Waals surface area contributed by atoms with Crippen LogP contribution in [-0.4, -0.2) is 53.2 Å². The van der Waals surface area contributed by atoms with E-state index in [4.69, 9.17) is 9.47 Å². The molecule has 0 spiro atoms. The Morgan fingerprint density at radius 1 is 1.23 bits per heavy atom. The highest BCUT2D eigenvalue weighted by Crippen LogP contribution is 2.36. The number of benzene rings is 1. The van der Waals surface area contributed by atoms with Crippen molar-refractivity contribution in [2.24, 2.45) is 11.8 Å². The van der Waals surface area contributed by atoms with E-state index in [1.54, 1.807) is 0 Å². The molecule has 1 aromatic carbocycles. The lowest BCUT2D eigenvalue weighted by Gasteiger charge is -2.19. The summed E-state index contributed by atoms with van der Waals surface area (Å²) in [6.45, 7) is 5.39. The molecule has 3 aromatic rings. The number of ether oxygens (including phenoxy) is 2. The van der Waals surface area contributed by atoms with Gasteiger partial charge in [-0.05, 0) is 43.5 Å². The maximum atomic E-state index is 13.0. The Morgan fingerprint density at radius 3 is 3.00 bits per heavy atom. The van der Waals surface area contributed by atoms with Crippen LogP contribution in [0, 0.1) is 18.8 Å². The number of hydrogen-bond donors (Lipinski definition) is 1. The van der Waals surface area contributed by atoms with E-state index in [0.717, 1.165) is 41.9 Å². The van der Waals surface area contributed by atoms with E-state index in [9.17, 15) is 4.79 Å². The number of nitrogens with one attached hydrogen (secondary N) is 1. The number of para-hydroxylation sites is 1. The molecule has 0 saturated carbocycles. The minimum absolute atomic E-state index is 0.0599. The predicted molar refractivity (Wildman–Crippen MR) is 114 cm³/mol. The van der Waals surface area contributed by atoms with Crippen LogP contribution in [0.15, 0.2) is 48.5 Å². The lowest BCUT2D eigenvalue weighted by molar-refractivity contribution is 0.0643. The van der Waals surface area contributed by atoms with Crippen molar-refractivity contribution >= 4 is 16.8 Å². The van der Waals surface area contributed by atoms with Gasteiger partial charge in [0.2, 0.25) is 0 Å². The van der Waals surface area contributed by atoms with Gasteiger partial charge in [-0.3, -0.25) is 9.78 Å². The molecule has 0 radical (unpaired) electrons. The molecule has 1 N–H and O–H groups in total. The summed E-state index contributed by atoms with van der Waals surface area (Å²) in [5, 5.41) is 1.06. The lowest BCUT2D eigenvalue weighted by atomic mass is 9.91. The summed E-state index contributed by atoms with van der Waals surface area (Å²) in [7, 11) is 0. The van der Waals surface area contributed by atoms with Crippen LogP contribution >= 0.6 is 0 Å². The van der Waals surface area contributed by atoms with E-state index < -0.39 is 0 Å². The van der Waals surface area contributed by atoms with Gasteiger partial charge < -0.3 is 19.4 Å². The Labute approximate surface area is 176 Å². The molecule has 6 nitrogen and oxygen atoms in total. The number of amides is 1. The molecule has 2 saturated heterocycles. The molecule has 6 heteroatoms. The van der Waals surface area contributed by atoms with Gasteiger partial charge in [-0.1, -0.05) is 24.3 Å². The number of carbonyl (C=O) groups is 1. The number of carbonyl (C=O) groups excluding carboxylic acids is 1. The lowest BCUT2D eigenvalue weighted by Crippen LogP contribution is -2.31. The highest BCUT2D eigenvalue weighted by Gasteiger charge is 2.45. The summed E-state index contributed by atoms with van der Waals surface area (Å²) in [5.41, 5.74) is 3.62. The first kappa shape index (κ1) is 19.3. The number of rotatable bonds is 6. The summed E-state index contributed by atoms with van der Waals surface area (Å²) in [6.07, 6.45) is 1.09. The molecule has 2 aliphatic rings. The predicted octanol–water partition coefficient (Wildman–Crippen LogP) is 3.57. The molecule has 30 heavy (non-hydrogen) atoms. The van der Waals surface area contributed by atoms with Crippen molar-refractivity contribution in [1.29, 1.82) is 0 Å². The number of aromatic nitrogens is 2. The number of H-pyrrole nitrogens is 1. The molecular weight excluding hydrogens is 378 g/mol. The summed E-state index contributed by atoms with van der Waals surface area (Å²) in [4.78, 5) is 22.7. The molecule has 3 atom stereocenters. The Bertz CT molecular complexity index is 1010. The minimum Gasteiger partial charge on any atom is -0.376 e. The van der Waals surface area contributed by atoms with Gasteiger partial charge in [0, 0.05) is 42.2 Å². The van der Waals surface area contributed by atoms with Gasteiger partial charge in [-0.15, -0.1) is 0 Å². The van der Waals surface area contributed by atoms with Gasteiger partial charge in [-0.2, -0.15) is 0 Å². The van der Waals surface area contributed by atoms with Gasteiger partial charge in [0.15, 0.2) is 0 Å². The Hall–Kier alpha value is -2.70. The zero-order chi connectivity index (χ0) is 20.5. The third-order valence-corrected chi connectivity index (χ3v) is 6.32. The molecule has 2 aromatic heterocycles. The summed E-state index contributed by atoms with van der Waals surface area (Å²) >= 11 is 0. The first-order valence-electron chi connectivity index (χ1n) is 10.7. The Balaban J connectivity index is 1.15. The molecule has 5 rings (SSSR count). The van der Waals surface area contributed by atoms with Gasteiger partial charge in [0.1, 0.15) is 5.69 Å². The number of hydrogen-bond acceptors (Lipinski definition) is 4. The fraction of sp³-hybridized carbons (Fsp3) is 0.417. The Morgan fingerprint density at radius 2 is 2.13 bits per heavy atom. The second kappa shape index (κ2) is 8.20. The van der Waals surface area contributed by atoms with E-state index in [2.05, 4.69) is 9.97 Å². The average molecular weight is 405 g/mol. The number of likely N-dealkylation sites (tertiary alicyclic amines) is 1. The topological polar surface area (TPSA) is 67.5 Å². The Kier molecular flexibility index (Phi) is 5.27. The highest BCUT2D eigenvalue weighted by molar-refractivity contribution is 5.98. The maximum Gasteiger partial charge on any atom is 0.270 e. The van der Waals surface area contributed by atoms with E-state index in [1.807, 2.05) is 60.4 Å². The molecule has 0 unspecified atom stereocenters. The van der Waals surface area contributed by atoms with Crippen LogP contribution in [0.5, 0.6) is 0 Å². The van der Waals surface area contributed by atoms with Crippen molar-refractivity contribution in [3.05, 3.63) is 65.6 Å². The molecule has 1 amide bonds. The van der Waals surface area contributed by atoms with Crippen LogP contribution in [-0.2, 0) is 16.1 Å². The van der Waals surface area contributed by atoms with Crippen molar-refractivity contribution in [3.8, 4) is 0 Å². The largest absolute Gasteiger partial charge is 0.376 e. The van der Waals surface area contributed by atoms with Crippen LogP contribution in [0.3, 0.4) is 0 Å². The number of pyridine rings is 1. The highest BCUT2D eigenvalue weighted by atomic mass is 16.5. The fourth-order valence-corrected chi connectivity index (χ4v) is 4.71. The third-order valence-electron chi connectivity index (χ3n) is 6.32. The second-order valence-corrected chi connectivity index (χ2v) is 8.39. The monoisotopic (exact) mass is 405 g/mol. The summed E-state index contributed by atoms with van der Waals surface area (Å²) in [6, 6.07) is 15.9. The summed E-state index contributed by atoms with van der Waals surface area (Å²) < 4.78 is 11.9. The molecule has 0 aliphatic carbocycles. The SMILES string of the molecule is Cc1cccc(COCC[C@H]2CO[C@H]3CN(C(=O)c4cc5ccccc5[nH]4)C[C@@H]23)n1. The van der Waals surface area contributed by atoms with Crippen molar-refractivity contribution < 1.29 is 14.3 Å². The van der Waals surface area contributed by atoms with Gasteiger partial charge in [-0.25, -0.2) is 0 Å². The molecule has 2 aliphatic heterocycles. The molecule has 4 heterocycles. The van der Waals surface area contributed by atoms with Crippen molar-refractivity contribution in [3.63, 3.8) is 0 Å². The van der Waals surface area contributed by atoms with E-state index >= 15 is 0 Å². The van der Waals surface area contributed by atoms with E-state index in [1.165, 1.54) is 0 Å². The van der Waals surface area contributed by atoms with Gasteiger partial charge in [0.25, 0.3) is 5.91 Å². The number of fused-ring (bicyclic) bond motifs is 2. The van der Waals surface area contributed by atoms with Gasteiger partial charge in [0.05, 0.1) is 25.0 Å². The van der Waals surface area contributed by atoms with Crippen molar-refractivity contribution in [2.45, 2.75) is 26.1 Å². The fourth-order valence-electron chi connectivity index (χ4n) is 4.71. The first-order valence-corrected chi connectivity index (χ1v) is 10.7. The number of aromatic amines is 1. The van der Waals surface area contributed by atoms with E-state index in [-0.39, 0.29) is 12.0 Å². The van der Waals surface area contributed by atoms with E-state index in [0.29, 0.717) is 37.3 Å². The van der Waals surface area contributed by atoms with Crippen LogP contribution < -0.4 is 0 Å². The van der Waals surface area contributed by atoms with Crippen molar-refractivity contribution in [1.82, 2.24) is 14.9 Å². The molecule has 156 valence electrons. The molecule has 2 fully saturated rings. The zero-order valence-electron chi connectivity index (χ0n) is 17.2. The second-order valence-electron chi connectivity index (χ2n) is 8.39. The minimum atomic E-state index is 0.0599. The first-order chi connectivity index (χ1) is 14.7. The number of nitrogens with zero attached hydrogens (tertiary/aromatic N) is 2. The van der Waals surface area contributed by atoms with Crippen LogP contribution in [0.25, 0.3) is 10.9 Å². The van der Waals surface area contributed by atoms with Crippen LogP contribution in [0.1, 0.15) is 28.3 Å². The average Bonchev–Trinajstić information content (AvgIpc) is 3.45.